The summed E-state index contributed by atoms with van der Waals surface area (Å²) in [4.78, 5) is 44.2. The van der Waals surface area contributed by atoms with Crippen molar-refractivity contribution in [2.45, 2.75) is 0 Å². The zero-order valence-electron chi connectivity index (χ0n) is 11.8. The van der Waals surface area contributed by atoms with Gasteiger partial charge in [0.05, 0.1) is 22.5 Å². The Morgan fingerprint density at radius 3 is 2.08 bits per heavy atom. The number of nitrogens with one attached hydrogen (secondary N) is 1. The van der Waals surface area contributed by atoms with E-state index in [1.54, 1.807) is 0 Å². The van der Waals surface area contributed by atoms with Gasteiger partial charge in [0.15, 0.2) is 0 Å². The molecule has 2 aromatic rings. The molecule has 1 amide bonds. The van der Waals surface area contributed by atoms with Crippen LogP contribution in [0.1, 0.15) is 31.1 Å². The Hall–Kier alpha value is -3.75. The highest BCUT2D eigenvalue weighted by Crippen LogP contribution is 2.20. The third-order valence-corrected chi connectivity index (χ3v) is 3.07. The van der Waals surface area contributed by atoms with Gasteiger partial charge in [-0.05, 0) is 12.1 Å². The zero-order chi connectivity index (χ0) is 17.9. The van der Waals surface area contributed by atoms with Crippen LogP contribution in [0.4, 0.5) is 11.4 Å². The molecule has 0 radical (unpaired) electrons. The average molecular weight is 328 g/mol. The minimum Gasteiger partial charge on any atom is -0.545 e. The summed E-state index contributed by atoms with van der Waals surface area (Å²) < 4.78 is 0. The molecule has 0 saturated heterocycles. The van der Waals surface area contributed by atoms with Crippen LogP contribution >= 0.6 is 0 Å². The lowest BCUT2D eigenvalue weighted by Crippen LogP contribution is -2.28. The van der Waals surface area contributed by atoms with Gasteiger partial charge in [0.2, 0.25) is 0 Å². The fourth-order valence-corrected chi connectivity index (χ4v) is 1.97. The summed E-state index contributed by atoms with van der Waals surface area (Å²) in [6.07, 6.45) is 0. The highest BCUT2D eigenvalue weighted by Gasteiger charge is 2.18. The molecule has 9 nitrogen and oxygen atoms in total. The molecule has 0 fully saturated rings. The number of aromatic carboxylic acids is 2. The van der Waals surface area contributed by atoms with Crippen LogP contribution in [-0.2, 0) is 0 Å². The van der Waals surface area contributed by atoms with Crippen LogP contribution in [0.2, 0.25) is 0 Å². The number of carbonyl (C=O) groups excluding carboxylic acids is 3. The molecule has 0 spiro atoms. The lowest BCUT2D eigenvalue weighted by atomic mass is 10.1. The average Bonchev–Trinajstić information content (AvgIpc) is 2.54. The summed E-state index contributed by atoms with van der Waals surface area (Å²) >= 11 is 0. The number of anilines is 1. The molecular weight excluding hydrogens is 320 g/mol. The molecule has 0 unspecified atom stereocenters. The third-order valence-electron chi connectivity index (χ3n) is 3.07. The van der Waals surface area contributed by atoms with Crippen molar-refractivity contribution in [2.24, 2.45) is 0 Å². The summed E-state index contributed by atoms with van der Waals surface area (Å²) in [6.45, 7) is 0. The third kappa shape index (κ3) is 3.35. The Labute approximate surface area is 134 Å². The SMILES string of the molecule is O=C([O-])c1ccccc1NC(=O)c1ccc([N+](=O)[O-])cc1C(=O)[O-]. The Bertz CT molecular complexity index is 861. The van der Waals surface area contributed by atoms with E-state index in [0.717, 1.165) is 12.1 Å². The van der Waals surface area contributed by atoms with Gasteiger partial charge in [0, 0.05) is 28.8 Å². The fourth-order valence-electron chi connectivity index (χ4n) is 1.97. The maximum absolute atomic E-state index is 12.2. The Kier molecular flexibility index (Phi) is 4.55. The molecule has 0 atom stereocenters. The molecule has 2 aromatic carbocycles. The van der Waals surface area contributed by atoms with Gasteiger partial charge in [-0.25, -0.2) is 0 Å². The van der Waals surface area contributed by atoms with Crippen molar-refractivity contribution >= 4 is 29.2 Å². The first-order chi connectivity index (χ1) is 11.3. The van der Waals surface area contributed by atoms with Crippen LogP contribution in [0, 0.1) is 10.1 Å². The number of hydrogen-bond donors (Lipinski definition) is 1. The second-order valence-corrected chi connectivity index (χ2v) is 4.56. The van der Waals surface area contributed by atoms with Gasteiger partial charge >= 0.3 is 0 Å². The van der Waals surface area contributed by atoms with Crippen molar-refractivity contribution in [2.75, 3.05) is 5.32 Å². The molecule has 9 heteroatoms. The molecule has 0 aliphatic rings. The number of non-ortho nitro benzene ring substituents is 1. The van der Waals surface area contributed by atoms with Crippen LogP contribution < -0.4 is 15.5 Å². The van der Waals surface area contributed by atoms with E-state index in [0.29, 0.717) is 6.07 Å². The quantitative estimate of drug-likeness (QED) is 0.577. The molecule has 0 aliphatic heterocycles. The minimum absolute atomic E-state index is 0.106. The molecule has 122 valence electrons. The number of nitro groups is 1. The molecule has 0 aromatic heterocycles. The smallest absolute Gasteiger partial charge is 0.270 e. The predicted molar refractivity (Wildman–Crippen MR) is 76.2 cm³/mol. The first-order valence-electron chi connectivity index (χ1n) is 6.42. The van der Waals surface area contributed by atoms with E-state index in [9.17, 15) is 34.7 Å². The lowest BCUT2D eigenvalue weighted by Gasteiger charge is -2.14. The monoisotopic (exact) mass is 328 g/mol. The molecule has 0 bridgehead atoms. The van der Waals surface area contributed by atoms with Crippen molar-refractivity contribution in [3.63, 3.8) is 0 Å². The van der Waals surface area contributed by atoms with Crippen molar-refractivity contribution in [3.05, 3.63) is 69.3 Å². The molecular formula is C15H8N2O7-2. The largest absolute Gasteiger partial charge is 0.545 e. The number of carboxylic acids is 2. The van der Waals surface area contributed by atoms with Crippen LogP contribution in [0.5, 0.6) is 0 Å². The van der Waals surface area contributed by atoms with Gasteiger partial charge in [0.1, 0.15) is 0 Å². The number of nitrogens with zero attached hydrogens (tertiary/aromatic N) is 1. The number of carboxylic acid groups (broad SMARTS) is 2. The standard InChI is InChI=1S/C15H10N2O7/c18-13(16-12-4-2-1-3-10(12)14(19)20)9-6-5-8(17(23)24)7-11(9)15(21)22/h1-7H,(H,16,18)(H,19,20)(H,21,22)/p-2. The number of nitro benzene ring substituents is 1. The second-order valence-electron chi connectivity index (χ2n) is 4.56. The van der Waals surface area contributed by atoms with E-state index >= 15 is 0 Å². The Balaban J connectivity index is 2.42. The van der Waals surface area contributed by atoms with Crippen molar-refractivity contribution < 1.29 is 29.5 Å². The molecule has 1 N–H and O–H groups in total. The fraction of sp³-hybridized carbons (Fsp3) is 0. The number of amides is 1. The minimum atomic E-state index is -1.78. The van der Waals surface area contributed by atoms with Gasteiger partial charge in [0.25, 0.3) is 11.6 Å². The first kappa shape index (κ1) is 16.6. The topological polar surface area (TPSA) is 152 Å². The van der Waals surface area contributed by atoms with Crippen LogP contribution in [0.25, 0.3) is 0 Å². The van der Waals surface area contributed by atoms with Crippen molar-refractivity contribution in [1.29, 1.82) is 0 Å². The number of benzene rings is 2. The van der Waals surface area contributed by atoms with E-state index in [4.69, 9.17) is 0 Å². The molecule has 0 aliphatic carbocycles. The number of rotatable bonds is 5. The van der Waals surface area contributed by atoms with E-state index in [2.05, 4.69) is 5.32 Å². The Morgan fingerprint density at radius 2 is 1.50 bits per heavy atom. The number of para-hydroxylation sites is 1. The zero-order valence-corrected chi connectivity index (χ0v) is 11.8. The van der Waals surface area contributed by atoms with E-state index in [1.807, 2.05) is 0 Å². The first-order valence-corrected chi connectivity index (χ1v) is 6.42. The van der Waals surface area contributed by atoms with Crippen LogP contribution in [0.15, 0.2) is 42.5 Å². The summed E-state index contributed by atoms with van der Waals surface area (Å²) in [5, 5.41) is 35.0. The van der Waals surface area contributed by atoms with E-state index in [-0.39, 0.29) is 11.3 Å². The summed E-state index contributed by atoms with van der Waals surface area (Å²) in [7, 11) is 0. The second kappa shape index (κ2) is 6.57. The molecule has 0 saturated carbocycles. The Morgan fingerprint density at radius 1 is 0.875 bits per heavy atom. The maximum Gasteiger partial charge on any atom is 0.270 e. The summed E-state index contributed by atoms with van der Waals surface area (Å²) in [6, 6.07) is 7.94. The highest BCUT2D eigenvalue weighted by atomic mass is 16.6. The summed E-state index contributed by atoms with van der Waals surface area (Å²) in [5.74, 6) is -4.27. The van der Waals surface area contributed by atoms with Gasteiger partial charge in [-0.15, -0.1) is 0 Å². The van der Waals surface area contributed by atoms with Gasteiger partial charge in [-0.3, -0.25) is 14.9 Å². The van der Waals surface area contributed by atoms with Crippen LogP contribution in [-0.4, -0.2) is 22.8 Å². The van der Waals surface area contributed by atoms with Gasteiger partial charge in [-0.1, -0.05) is 18.2 Å². The van der Waals surface area contributed by atoms with E-state index < -0.39 is 39.6 Å². The normalized spacial score (nSPS) is 10.0. The molecule has 0 heterocycles. The summed E-state index contributed by atoms with van der Waals surface area (Å²) in [5.41, 5.74) is -2.03. The highest BCUT2D eigenvalue weighted by molar-refractivity contribution is 6.12. The van der Waals surface area contributed by atoms with Crippen LogP contribution in [0.3, 0.4) is 0 Å². The van der Waals surface area contributed by atoms with Crippen molar-refractivity contribution in [1.82, 2.24) is 0 Å². The van der Waals surface area contributed by atoms with Crippen molar-refractivity contribution in [3.8, 4) is 0 Å². The van der Waals surface area contributed by atoms with Gasteiger partial charge in [-0.2, -0.15) is 0 Å². The maximum atomic E-state index is 12.2. The van der Waals surface area contributed by atoms with Gasteiger partial charge < -0.3 is 25.1 Å². The molecule has 24 heavy (non-hydrogen) atoms. The lowest BCUT2D eigenvalue weighted by molar-refractivity contribution is -0.385. The number of carbonyl (C=O) groups is 3. The predicted octanol–water partition coefficient (Wildman–Crippen LogP) is -0.426. The number of hydrogen-bond acceptors (Lipinski definition) is 7. The molecule has 2 rings (SSSR count). The van der Waals surface area contributed by atoms with E-state index in [1.165, 1.54) is 24.3 Å².